The van der Waals surface area contributed by atoms with Crippen LogP contribution in [-0.2, 0) is 14.9 Å². The molecule has 2 atom stereocenters. The Morgan fingerprint density at radius 2 is 1.39 bits per heavy atom. The second-order valence-corrected chi connectivity index (χ2v) is 5.13. The average molecular weight is 330 g/mol. The number of alkyl halides is 9. The van der Waals surface area contributed by atoms with Crippen molar-refractivity contribution >= 4 is 21.6 Å². The van der Waals surface area contributed by atoms with Crippen LogP contribution in [0.15, 0.2) is 0 Å². The van der Waals surface area contributed by atoms with E-state index in [1.165, 1.54) is 0 Å². The van der Waals surface area contributed by atoms with Gasteiger partial charge in [-0.05, 0) is 16.1 Å². The lowest BCUT2D eigenvalue weighted by Crippen LogP contribution is -2.51. The minimum atomic E-state index is -6.75. The average Bonchev–Trinajstić information content (AvgIpc) is 2.72. The van der Waals surface area contributed by atoms with Crippen LogP contribution in [0.25, 0.3) is 0 Å². The number of hydroxylamine groups is 1. The fourth-order valence-corrected chi connectivity index (χ4v) is 2.10. The van der Waals surface area contributed by atoms with Crippen LogP contribution in [0.1, 0.15) is 0 Å². The van der Waals surface area contributed by atoms with Crippen LogP contribution in [0.5, 0.6) is 0 Å². The highest BCUT2D eigenvalue weighted by molar-refractivity contribution is 7.90. The zero-order valence-corrected chi connectivity index (χ0v) is 9.05. The van der Waals surface area contributed by atoms with Gasteiger partial charge in [-0.1, -0.05) is 0 Å². The third-order valence-corrected chi connectivity index (χ3v) is 3.33. The summed E-state index contributed by atoms with van der Waals surface area (Å²) in [5, 5.41) is -5.44. The van der Waals surface area contributed by atoms with Crippen LogP contribution < -0.4 is 0 Å². The SMILES string of the molecule is O=S(=O)(N1OC1(C(F)(F)F)C(F)(F)Cl)C(F)(F)F. The quantitative estimate of drug-likeness (QED) is 0.443. The summed E-state index contributed by atoms with van der Waals surface area (Å²) in [6, 6.07) is 0. The van der Waals surface area contributed by atoms with Crippen LogP contribution >= 0.6 is 11.6 Å². The van der Waals surface area contributed by atoms with Gasteiger partial charge in [-0.25, -0.2) is 13.3 Å². The number of halogens is 9. The third-order valence-electron chi connectivity index (χ3n) is 1.72. The molecule has 0 aromatic carbocycles. The molecule has 0 radical (unpaired) electrons. The van der Waals surface area contributed by atoms with E-state index < -0.39 is 37.3 Å². The predicted molar refractivity (Wildman–Crippen MR) is 37.5 cm³/mol. The maximum Gasteiger partial charge on any atom is 0.513 e. The van der Waals surface area contributed by atoms with Crippen molar-refractivity contribution in [1.29, 1.82) is 0 Å². The molecule has 1 aliphatic rings. The van der Waals surface area contributed by atoms with Gasteiger partial charge in [-0.3, -0.25) is 0 Å². The Hall–Kier alpha value is -0.400. The van der Waals surface area contributed by atoms with Gasteiger partial charge in [0.1, 0.15) is 0 Å². The van der Waals surface area contributed by atoms with Gasteiger partial charge in [-0.15, -0.1) is 0 Å². The van der Waals surface area contributed by atoms with Crippen LogP contribution in [0, 0.1) is 0 Å². The number of nitrogens with zero attached hydrogens (tertiary/aromatic N) is 1. The second kappa shape index (κ2) is 3.58. The molecule has 108 valence electrons. The van der Waals surface area contributed by atoms with E-state index in [0.29, 0.717) is 0 Å². The van der Waals surface area contributed by atoms with Crippen molar-refractivity contribution in [1.82, 2.24) is 4.47 Å². The summed E-state index contributed by atoms with van der Waals surface area (Å²) in [7, 11) is -6.75. The fraction of sp³-hybridized carbons (Fsp3) is 1.00. The van der Waals surface area contributed by atoms with Gasteiger partial charge in [0.15, 0.2) is 0 Å². The Kier molecular flexibility index (Phi) is 3.11. The van der Waals surface area contributed by atoms with E-state index in [2.05, 4.69) is 16.4 Å². The largest absolute Gasteiger partial charge is 0.513 e. The highest BCUT2D eigenvalue weighted by Crippen LogP contribution is 2.61. The first kappa shape index (κ1) is 15.7. The van der Waals surface area contributed by atoms with Crippen molar-refractivity contribution in [3.05, 3.63) is 0 Å². The number of sulfonamides is 1. The molecule has 0 aromatic rings. The normalized spacial score (nSPS) is 30.4. The number of hydrogen-bond acceptors (Lipinski definition) is 3. The molecule has 0 spiro atoms. The second-order valence-electron chi connectivity index (χ2n) is 2.91. The molecule has 0 aliphatic carbocycles. The molecule has 1 saturated heterocycles. The van der Waals surface area contributed by atoms with Crippen LogP contribution in [0.4, 0.5) is 35.1 Å². The molecule has 0 aromatic heterocycles. The van der Waals surface area contributed by atoms with E-state index in [9.17, 15) is 43.5 Å². The van der Waals surface area contributed by atoms with Crippen molar-refractivity contribution in [3.63, 3.8) is 0 Å². The van der Waals surface area contributed by atoms with Crippen LogP contribution in [-0.4, -0.2) is 35.7 Å². The lowest BCUT2D eigenvalue weighted by Gasteiger charge is -2.19. The first-order valence-corrected chi connectivity index (χ1v) is 5.35. The van der Waals surface area contributed by atoms with Crippen molar-refractivity contribution in [2.24, 2.45) is 0 Å². The Morgan fingerprint density at radius 3 is 1.56 bits per heavy atom. The summed E-state index contributed by atoms with van der Waals surface area (Å²) in [5.41, 5.74) is -11.3. The number of rotatable bonds is 2. The van der Waals surface area contributed by atoms with E-state index in [1.54, 1.807) is 0 Å². The van der Waals surface area contributed by atoms with E-state index in [4.69, 9.17) is 0 Å². The van der Waals surface area contributed by atoms with Crippen molar-refractivity contribution in [2.45, 2.75) is 22.8 Å². The summed E-state index contributed by atoms with van der Waals surface area (Å²) in [6.45, 7) is 0. The monoisotopic (exact) mass is 329 g/mol. The summed E-state index contributed by atoms with van der Waals surface area (Å²) in [6.07, 6.45) is -6.17. The van der Waals surface area contributed by atoms with Crippen LogP contribution in [0.3, 0.4) is 0 Å². The zero-order chi connectivity index (χ0) is 14.8. The molecule has 14 heteroatoms. The standard InChI is InChI=1S/C4ClF8NO3S/c5-2(6,7)1(3(8,9)10)14(17-1)18(15,16)4(11,12)13. The summed E-state index contributed by atoms with van der Waals surface area (Å²) in [4.78, 5) is 2.94. The van der Waals surface area contributed by atoms with E-state index in [0.717, 1.165) is 0 Å². The van der Waals surface area contributed by atoms with Gasteiger partial charge in [-0.2, -0.15) is 35.1 Å². The lowest BCUT2D eigenvalue weighted by atomic mass is 10.3. The minimum absolute atomic E-state index is 1.91. The highest BCUT2D eigenvalue weighted by Gasteiger charge is 2.91. The molecule has 0 saturated carbocycles. The molecule has 1 heterocycles. The molecule has 0 N–H and O–H groups in total. The maximum atomic E-state index is 12.5. The molecule has 1 fully saturated rings. The number of hydrogen-bond donors (Lipinski definition) is 0. The summed E-state index contributed by atoms with van der Waals surface area (Å²) < 4.78 is 116. The van der Waals surface area contributed by atoms with E-state index >= 15 is 0 Å². The van der Waals surface area contributed by atoms with Gasteiger partial charge in [0.05, 0.1) is 0 Å². The first-order chi connectivity index (χ1) is 7.59. The van der Waals surface area contributed by atoms with Gasteiger partial charge < -0.3 is 0 Å². The molecule has 0 bridgehead atoms. The summed E-state index contributed by atoms with van der Waals surface area (Å²) >= 11 is 3.97. The Balaban J connectivity index is 3.30. The zero-order valence-electron chi connectivity index (χ0n) is 7.48. The van der Waals surface area contributed by atoms with Gasteiger partial charge in [0.2, 0.25) is 0 Å². The fourth-order valence-electron chi connectivity index (χ4n) is 0.883. The topological polar surface area (TPSA) is 49.7 Å². The Bertz CT molecular complexity index is 434. The minimum Gasteiger partial charge on any atom is -0.237 e. The Labute approximate surface area is 98.0 Å². The maximum absolute atomic E-state index is 12.5. The van der Waals surface area contributed by atoms with Crippen molar-refractivity contribution in [2.75, 3.05) is 0 Å². The lowest BCUT2D eigenvalue weighted by molar-refractivity contribution is -0.229. The van der Waals surface area contributed by atoms with Gasteiger partial charge in [0, 0.05) is 0 Å². The molecule has 1 aliphatic heterocycles. The smallest absolute Gasteiger partial charge is 0.237 e. The third kappa shape index (κ3) is 1.92. The molecule has 1 rings (SSSR count). The van der Waals surface area contributed by atoms with Gasteiger partial charge >= 0.3 is 32.8 Å². The summed E-state index contributed by atoms with van der Waals surface area (Å²) in [5.74, 6) is 0. The van der Waals surface area contributed by atoms with Gasteiger partial charge in [0.25, 0.3) is 0 Å². The van der Waals surface area contributed by atoms with E-state index in [1.807, 2.05) is 0 Å². The van der Waals surface area contributed by atoms with E-state index in [-0.39, 0.29) is 0 Å². The molecule has 0 amide bonds. The first-order valence-electron chi connectivity index (χ1n) is 3.53. The molecule has 4 nitrogen and oxygen atoms in total. The molecule has 18 heavy (non-hydrogen) atoms. The van der Waals surface area contributed by atoms with Crippen molar-refractivity contribution in [3.8, 4) is 0 Å². The predicted octanol–water partition coefficient (Wildman–Crippen LogP) is 2.17. The Morgan fingerprint density at radius 1 is 1.00 bits per heavy atom. The van der Waals surface area contributed by atoms with Crippen molar-refractivity contribution < 1.29 is 48.4 Å². The molecular weight excluding hydrogens is 330 g/mol. The highest BCUT2D eigenvalue weighted by atomic mass is 35.5. The molecular formula is C4ClF8NO3S. The molecule has 2 unspecified atom stereocenters. The van der Waals surface area contributed by atoms with Crippen LogP contribution in [0.2, 0.25) is 0 Å².